The zero-order valence-electron chi connectivity index (χ0n) is 11.9. The molecule has 1 aromatic carbocycles. The van der Waals surface area contributed by atoms with Crippen LogP contribution in [0.3, 0.4) is 0 Å². The summed E-state index contributed by atoms with van der Waals surface area (Å²) in [5.41, 5.74) is 12.8. The van der Waals surface area contributed by atoms with E-state index in [1.165, 1.54) is 32.1 Å². The van der Waals surface area contributed by atoms with Gasteiger partial charge in [-0.2, -0.15) is 0 Å². The highest BCUT2D eigenvalue weighted by molar-refractivity contribution is 5.65. The van der Waals surface area contributed by atoms with Crippen molar-refractivity contribution < 1.29 is 4.74 Å². The third-order valence-electron chi connectivity index (χ3n) is 5.92. The predicted molar refractivity (Wildman–Crippen MR) is 81.3 cm³/mol. The molecular weight excluding hydrogens is 248 g/mol. The molecule has 4 N–H and O–H groups in total. The van der Waals surface area contributed by atoms with E-state index in [1.807, 2.05) is 18.2 Å². The van der Waals surface area contributed by atoms with E-state index in [9.17, 15) is 0 Å². The summed E-state index contributed by atoms with van der Waals surface area (Å²) in [5.74, 6) is 5.52. The molecule has 0 unspecified atom stereocenters. The summed E-state index contributed by atoms with van der Waals surface area (Å²) in [7, 11) is 0. The van der Waals surface area contributed by atoms with Gasteiger partial charge in [0.05, 0.1) is 18.0 Å². The number of anilines is 2. The first-order valence-corrected chi connectivity index (χ1v) is 7.97. The number of hydrogen-bond donors (Lipinski definition) is 2. The SMILES string of the molecule is Nc1ccc(OCC2C3CC4CC(C3)CC2C4)cc1N. The van der Waals surface area contributed by atoms with Crippen LogP contribution in [0, 0.1) is 29.6 Å². The van der Waals surface area contributed by atoms with Gasteiger partial charge in [-0.3, -0.25) is 0 Å². The summed E-state index contributed by atoms with van der Waals surface area (Å²) in [6, 6.07) is 5.62. The Bertz CT molecular complexity index is 486. The topological polar surface area (TPSA) is 61.3 Å². The maximum atomic E-state index is 6.03. The van der Waals surface area contributed by atoms with Crippen LogP contribution in [0.2, 0.25) is 0 Å². The Morgan fingerprint density at radius 1 is 0.900 bits per heavy atom. The van der Waals surface area contributed by atoms with Crippen LogP contribution in [0.1, 0.15) is 32.1 Å². The van der Waals surface area contributed by atoms with E-state index < -0.39 is 0 Å². The molecule has 3 heteroatoms. The molecule has 4 aliphatic carbocycles. The molecule has 4 saturated carbocycles. The summed E-state index contributed by atoms with van der Waals surface area (Å²) in [4.78, 5) is 0. The van der Waals surface area contributed by atoms with Gasteiger partial charge in [-0.25, -0.2) is 0 Å². The highest BCUT2D eigenvalue weighted by Crippen LogP contribution is 2.56. The molecule has 0 atom stereocenters. The van der Waals surface area contributed by atoms with Gasteiger partial charge in [-0.1, -0.05) is 0 Å². The second-order valence-electron chi connectivity index (χ2n) is 7.20. The van der Waals surface area contributed by atoms with Gasteiger partial charge in [0.2, 0.25) is 0 Å². The Morgan fingerprint density at radius 2 is 1.55 bits per heavy atom. The summed E-state index contributed by atoms with van der Waals surface area (Å²) in [5, 5.41) is 0. The van der Waals surface area contributed by atoms with Crippen molar-refractivity contribution in [3.05, 3.63) is 18.2 Å². The lowest BCUT2D eigenvalue weighted by atomic mass is 9.52. The van der Waals surface area contributed by atoms with E-state index >= 15 is 0 Å². The maximum absolute atomic E-state index is 6.03. The summed E-state index contributed by atoms with van der Waals surface area (Å²) in [6.45, 7) is 0.859. The third-order valence-corrected chi connectivity index (χ3v) is 5.92. The van der Waals surface area contributed by atoms with Crippen molar-refractivity contribution in [1.29, 1.82) is 0 Å². The Hall–Kier alpha value is -1.38. The van der Waals surface area contributed by atoms with Crippen molar-refractivity contribution in [2.45, 2.75) is 32.1 Å². The molecule has 0 aromatic heterocycles. The molecule has 3 nitrogen and oxygen atoms in total. The van der Waals surface area contributed by atoms with Crippen LogP contribution < -0.4 is 16.2 Å². The van der Waals surface area contributed by atoms with Crippen molar-refractivity contribution in [2.24, 2.45) is 29.6 Å². The highest BCUT2D eigenvalue weighted by atomic mass is 16.5. The summed E-state index contributed by atoms with van der Waals surface area (Å²) in [6.07, 6.45) is 7.31. The Labute approximate surface area is 120 Å². The molecule has 0 spiro atoms. The average molecular weight is 272 g/mol. The minimum Gasteiger partial charge on any atom is -0.493 e. The lowest BCUT2D eigenvalue weighted by molar-refractivity contribution is -0.0529. The molecule has 0 aliphatic heterocycles. The van der Waals surface area contributed by atoms with Gasteiger partial charge in [-0.15, -0.1) is 0 Å². The standard InChI is InChI=1S/C17H24N2O/c18-16-2-1-14(8-17(16)19)20-9-15-12-4-10-3-11(6-12)7-13(15)5-10/h1-2,8,10-13,15H,3-7,9,18-19H2. The molecule has 0 saturated heterocycles. The van der Waals surface area contributed by atoms with Gasteiger partial charge in [0.1, 0.15) is 5.75 Å². The predicted octanol–water partition coefficient (Wildman–Crippen LogP) is 3.30. The Balaban J connectivity index is 1.43. The van der Waals surface area contributed by atoms with Crippen LogP contribution in [-0.2, 0) is 0 Å². The third kappa shape index (κ3) is 2.04. The van der Waals surface area contributed by atoms with Crippen molar-refractivity contribution >= 4 is 11.4 Å². The Morgan fingerprint density at radius 3 is 2.15 bits per heavy atom. The van der Waals surface area contributed by atoms with Crippen LogP contribution in [0.15, 0.2) is 18.2 Å². The maximum Gasteiger partial charge on any atom is 0.121 e. The molecule has 5 rings (SSSR count). The molecular formula is C17H24N2O. The van der Waals surface area contributed by atoms with Crippen LogP contribution >= 0.6 is 0 Å². The number of ether oxygens (including phenoxy) is 1. The highest BCUT2D eigenvalue weighted by Gasteiger charge is 2.48. The summed E-state index contributed by atoms with van der Waals surface area (Å²) >= 11 is 0. The van der Waals surface area contributed by atoms with Gasteiger partial charge in [0.15, 0.2) is 0 Å². The fourth-order valence-electron chi connectivity index (χ4n) is 5.15. The number of nitrogens with two attached hydrogens (primary N) is 2. The molecule has 0 heterocycles. The molecule has 0 amide bonds. The first-order chi connectivity index (χ1) is 9.69. The first kappa shape index (κ1) is 12.4. The van der Waals surface area contributed by atoms with Crippen molar-refractivity contribution in [2.75, 3.05) is 18.1 Å². The number of nitrogen functional groups attached to an aromatic ring is 2. The molecule has 4 fully saturated rings. The zero-order chi connectivity index (χ0) is 13.7. The molecule has 1 aromatic rings. The number of hydrogen-bond acceptors (Lipinski definition) is 3. The van der Waals surface area contributed by atoms with Crippen molar-refractivity contribution in [3.8, 4) is 5.75 Å². The van der Waals surface area contributed by atoms with Gasteiger partial charge in [0.25, 0.3) is 0 Å². The normalized spacial score (nSPS) is 38.1. The molecule has 20 heavy (non-hydrogen) atoms. The molecule has 0 radical (unpaired) electrons. The fraction of sp³-hybridized carbons (Fsp3) is 0.647. The first-order valence-electron chi connectivity index (χ1n) is 7.97. The molecule has 108 valence electrons. The van der Waals surface area contributed by atoms with E-state index in [2.05, 4.69) is 0 Å². The second kappa shape index (κ2) is 4.57. The van der Waals surface area contributed by atoms with Gasteiger partial charge >= 0.3 is 0 Å². The lowest BCUT2D eigenvalue weighted by Crippen LogP contribution is -2.47. The van der Waals surface area contributed by atoms with Crippen LogP contribution in [0.4, 0.5) is 11.4 Å². The van der Waals surface area contributed by atoms with E-state index in [0.29, 0.717) is 11.4 Å². The van der Waals surface area contributed by atoms with E-state index in [1.54, 1.807) is 0 Å². The largest absolute Gasteiger partial charge is 0.493 e. The average Bonchev–Trinajstić information content (AvgIpc) is 2.41. The van der Waals surface area contributed by atoms with Crippen molar-refractivity contribution in [1.82, 2.24) is 0 Å². The van der Waals surface area contributed by atoms with Gasteiger partial charge in [-0.05, 0) is 73.8 Å². The lowest BCUT2D eigenvalue weighted by Gasteiger charge is -2.54. The van der Waals surface area contributed by atoms with E-state index in [0.717, 1.165) is 41.9 Å². The molecule has 4 aliphatic rings. The molecule has 4 bridgehead atoms. The van der Waals surface area contributed by atoms with E-state index in [-0.39, 0.29) is 0 Å². The van der Waals surface area contributed by atoms with Crippen LogP contribution in [-0.4, -0.2) is 6.61 Å². The smallest absolute Gasteiger partial charge is 0.121 e. The monoisotopic (exact) mass is 272 g/mol. The van der Waals surface area contributed by atoms with Crippen molar-refractivity contribution in [3.63, 3.8) is 0 Å². The quantitative estimate of drug-likeness (QED) is 0.830. The Kier molecular flexibility index (Phi) is 2.83. The van der Waals surface area contributed by atoms with E-state index in [4.69, 9.17) is 16.2 Å². The minimum absolute atomic E-state index is 0.618. The van der Waals surface area contributed by atoms with Gasteiger partial charge in [0, 0.05) is 6.07 Å². The second-order valence-corrected chi connectivity index (χ2v) is 7.20. The zero-order valence-corrected chi connectivity index (χ0v) is 11.9. The van der Waals surface area contributed by atoms with Crippen LogP contribution in [0.5, 0.6) is 5.75 Å². The minimum atomic E-state index is 0.618. The fourth-order valence-corrected chi connectivity index (χ4v) is 5.15. The number of rotatable bonds is 3. The van der Waals surface area contributed by atoms with Gasteiger partial charge < -0.3 is 16.2 Å². The van der Waals surface area contributed by atoms with Crippen LogP contribution in [0.25, 0.3) is 0 Å². The summed E-state index contributed by atoms with van der Waals surface area (Å²) < 4.78 is 6.03. The number of benzene rings is 1.